The molecular weight excluding hydrogens is 330 g/mol. The van der Waals surface area contributed by atoms with E-state index in [1.165, 1.54) is 0 Å². The topological polar surface area (TPSA) is 54.0 Å². The number of nitrogens with zero attached hydrogens (tertiary/aromatic N) is 2. The number of ether oxygens (including phenoxy) is 2. The van der Waals surface area contributed by atoms with Crippen LogP contribution in [-0.4, -0.2) is 50.3 Å². The standard InChI is InChI=1S/C20H23N3O3/c1-15-3-2-4-16(13-15)21-20(24)23-9-7-22(8-10-23)17-5-6-18-19(14-17)26-12-11-25-18/h2-6,13-14H,7-12H2,1H3,(H,21,24). The molecule has 0 atom stereocenters. The van der Waals surface area contributed by atoms with Crippen molar-refractivity contribution in [2.24, 2.45) is 0 Å². The van der Waals surface area contributed by atoms with E-state index < -0.39 is 0 Å². The number of hydrogen-bond acceptors (Lipinski definition) is 4. The lowest BCUT2D eigenvalue weighted by Gasteiger charge is -2.36. The lowest BCUT2D eigenvalue weighted by molar-refractivity contribution is 0.171. The van der Waals surface area contributed by atoms with Crippen LogP contribution in [0.4, 0.5) is 16.2 Å². The lowest BCUT2D eigenvalue weighted by atomic mass is 10.2. The summed E-state index contributed by atoms with van der Waals surface area (Å²) in [5.74, 6) is 1.60. The SMILES string of the molecule is Cc1cccc(NC(=O)N2CCN(c3ccc4c(c3)OCCO4)CC2)c1. The van der Waals surface area contributed by atoms with Crippen LogP contribution >= 0.6 is 0 Å². The Kier molecular flexibility index (Phi) is 4.56. The fraction of sp³-hybridized carbons (Fsp3) is 0.350. The molecule has 6 nitrogen and oxygen atoms in total. The molecule has 0 radical (unpaired) electrons. The van der Waals surface area contributed by atoms with Crippen molar-refractivity contribution in [1.82, 2.24) is 4.90 Å². The zero-order chi connectivity index (χ0) is 17.9. The molecule has 0 unspecified atom stereocenters. The molecule has 1 fully saturated rings. The predicted molar refractivity (Wildman–Crippen MR) is 101 cm³/mol. The molecule has 136 valence electrons. The van der Waals surface area contributed by atoms with Crippen molar-refractivity contribution in [3.8, 4) is 11.5 Å². The van der Waals surface area contributed by atoms with Gasteiger partial charge in [0.25, 0.3) is 0 Å². The molecule has 2 aromatic rings. The second-order valence-electron chi connectivity index (χ2n) is 6.60. The first-order chi connectivity index (χ1) is 12.7. The van der Waals surface area contributed by atoms with E-state index in [4.69, 9.17) is 9.47 Å². The van der Waals surface area contributed by atoms with Crippen molar-refractivity contribution in [2.45, 2.75) is 6.92 Å². The summed E-state index contributed by atoms with van der Waals surface area (Å²) in [5.41, 5.74) is 3.07. The van der Waals surface area contributed by atoms with Gasteiger partial charge in [-0.2, -0.15) is 0 Å². The van der Waals surface area contributed by atoms with Gasteiger partial charge in [0.1, 0.15) is 13.2 Å². The maximum absolute atomic E-state index is 12.5. The van der Waals surface area contributed by atoms with Crippen molar-refractivity contribution in [3.63, 3.8) is 0 Å². The summed E-state index contributed by atoms with van der Waals surface area (Å²) in [5, 5.41) is 2.98. The summed E-state index contributed by atoms with van der Waals surface area (Å²) in [6.07, 6.45) is 0. The first-order valence-electron chi connectivity index (χ1n) is 8.96. The minimum Gasteiger partial charge on any atom is -0.486 e. The molecule has 6 heteroatoms. The average Bonchev–Trinajstić information content (AvgIpc) is 2.68. The monoisotopic (exact) mass is 353 g/mol. The second kappa shape index (κ2) is 7.15. The van der Waals surface area contributed by atoms with Crippen molar-refractivity contribution < 1.29 is 14.3 Å². The van der Waals surface area contributed by atoms with Gasteiger partial charge in [-0.25, -0.2) is 4.79 Å². The molecule has 0 saturated carbocycles. The van der Waals surface area contributed by atoms with Crippen LogP contribution in [0.15, 0.2) is 42.5 Å². The Morgan fingerprint density at radius 1 is 0.962 bits per heavy atom. The van der Waals surface area contributed by atoms with Crippen molar-refractivity contribution in [1.29, 1.82) is 0 Å². The van der Waals surface area contributed by atoms with Crippen LogP contribution in [0.1, 0.15) is 5.56 Å². The van der Waals surface area contributed by atoms with E-state index in [1.807, 2.05) is 48.2 Å². The zero-order valence-electron chi connectivity index (χ0n) is 14.9. The molecule has 2 heterocycles. The first kappa shape index (κ1) is 16.6. The summed E-state index contributed by atoms with van der Waals surface area (Å²) in [7, 11) is 0. The van der Waals surface area contributed by atoms with Gasteiger partial charge in [-0.15, -0.1) is 0 Å². The molecule has 2 aliphatic heterocycles. The summed E-state index contributed by atoms with van der Waals surface area (Å²) >= 11 is 0. The van der Waals surface area contributed by atoms with Crippen molar-refractivity contribution in [3.05, 3.63) is 48.0 Å². The van der Waals surface area contributed by atoms with Crippen LogP contribution in [0.5, 0.6) is 11.5 Å². The van der Waals surface area contributed by atoms with Gasteiger partial charge in [-0.1, -0.05) is 12.1 Å². The number of piperazine rings is 1. The van der Waals surface area contributed by atoms with Gasteiger partial charge in [-0.3, -0.25) is 0 Å². The van der Waals surface area contributed by atoms with Crippen molar-refractivity contribution >= 4 is 17.4 Å². The molecule has 0 aromatic heterocycles. The van der Waals surface area contributed by atoms with Gasteiger partial charge in [0.15, 0.2) is 11.5 Å². The molecule has 0 spiro atoms. The Bertz CT molecular complexity index is 801. The first-order valence-corrected chi connectivity index (χ1v) is 8.96. The number of amides is 2. The number of rotatable bonds is 2. The molecule has 2 amide bonds. The van der Waals surface area contributed by atoms with E-state index in [1.54, 1.807) is 0 Å². The number of aryl methyl sites for hydroxylation is 1. The highest BCUT2D eigenvalue weighted by Crippen LogP contribution is 2.34. The summed E-state index contributed by atoms with van der Waals surface area (Å²) < 4.78 is 11.2. The van der Waals surface area contributed by atoms with Crippen LogP contribution in [0.25, 0.3) is 0 Å². The third kappa shape index (κ3) is 3.54. The number of hydrogen-bond donors (Lipinski definition) is 1. The highest BCUT2D eigenvalue weighted by atomic mass is 16.6. The van der Waals surface area contributed by atoms with Crippen LogP contribution in [0.2, 0.25) is 0 Å². The van der Waals surface area contributed by atoms with Gasteiger partial charge in [-0.05, 0) is 36.8 Å². The Labute approximate surface area is 153 Å². The molecule has 2 aliphatic rings. The maximum atomic E-state index is 12.5. The Morgan fingerprint density at radius 3 is 2.50 bits per heavy atom. The molecule has 0 aliphatic carbocycles. The number of benzene rings is 2. The summed E-state index contributed by atoms with van der Waals surface area (Å²) in [6.45, 7) is 6.16. The molecule has 2 aromatic carbocycles. The number of fused-ring (bicyclic) bond motifs is 1. The van der Waals surface area contributed by atoms with Crippen LogP contribution in [-0.2, 0) is 0 Å². The molecule has 1 saturated heterocycles. The molecule has 1 N–H and O–H groups in total. The predicted octanol–water partition coefficient (Wildman–Crippen LogP) is 3.12. The summed E-state index contributed by atoms with van der Waals surface area (Å²) in [6, 6.07) is 13.8. The normalized spacial score (nSPS) is 16.3. The van der Waals surface area contributed by atoms with Gasteiger partial charge in [0.05, 0.1) is 0 Å². The maximum Gasteiger partial charge on any atom is 0.321 e. The van der Waals surface area contributed by atoms with Crippen LogP contribution in [0.3, 0.4) is 0 Å². The Balaban J connectivity index is 1.36. The number of urea groups is 1. The van der Waals surface area contributed by atoms with Crippen LogP contribution < -0.4 is 19.7 Å². The summed E-state index contributed by atoms with van der Waals surface area (Å²) in [4.78, 5) is 16.6. The van der Waals surface area contributed by atoms with E-state index in [9.17, 15) is 4.79 Å². The lowest BCUT2D eigenvalue weighted by Crippen LogP contribution is -2.50. The van der Waals surface area contributed by atoms with E-state index in [0.717, 1.165) is 41.5 Å². The minimum absolute atomic E-state index is 0.0441. The number of anilines is 2. The molecular formula is C20H23N3O3. The van der Waals surface area contributed by atoms with E-state index >= 15 is 0 Å². The van der Waals surface area contributed by atoms with Crippen molar-refractivity contribution in [2.75, 3.05) is 49.6 Å². The van der Waals surface area contributed by atoms with Gasteiger partial charge >= 0.3 is 6.03 Å². The highest BCUT2D eigenvalue weighted by Gasteiger charge is 2.22. The Morgan fingerprint density at radius 2 is 1.73 bits per heavy atom. The fourth-order valence-corrected chi connectivity index (χ4v) is 3.32. The Hall–Kier alpha value is -2.89. The highest BCUT2D eigenvalue weighted by molar-refractivity contribution is 5.89. The zero-order valence-corrected chi connectivity index (χ0v) is 14.9. The third-order valence-electron chi connectivity index (χ3n) is 4.73. The quantitative estimate of drug-likeness (QED) is 0.901. The number of carbonyl (C=O) groups excluding carboxylic acids is 1. The van der Waals surface area contributed by atoms with E-state index in [0.29, 0.717) is 26.3 Å². The number of nitrogens with one attached hydrogen (secondary N) is 1. The van der Waals surface area contributed by atoms with Crippen LogP contribution in [0, 0.1) is 6.92 Å². The molecule has 26 heavy (non-hydrogen) atoms. The average molecular weight is 353 g/mol. The number of carbonyl (C=O) groups is 1. The minimum atomic E-state index is -0.0441. The van der Waals surface area contributed by atoms with E-state index in [-0.39, 0.29) is 6.03 Å². The molecule has 0 bridgehead atoms. The van der Waals surface area contributed by atoms with Gasteiger partial charge in [0, 0.05) is 43.6 Å². The smallest absolute Gasteiger partial charge is 0.321 e. The van der Waals surface area contributed by atoms with Gasteiger partial charge < -0.3 is 24.6 Å². The molecule has 4 rings (SSSR count). The van der Waals surface area contributed by atoms with E-state index in [2.05, 4.69) is 16.3 Å². The van der Waals surface area contributed by atoms with Gasteiger partial charge in [0.2, 0.25) is 0 Å². The largest absolute Gasteiger partial charge is 0.486 e. The third-order valence-corrected chi connectivity index (χ3v) is 4.73. The fourth-order valence-electron chi connectivity index (χ4n) is 3.32. The second-order valence-corrected chi connectivity index (χ2v) is 6.60.